The summed E-state index contributed by atoms with van der Waals surface area (Å²) in [6, 6.07) is 9.81. The van der Waals surface area contributed by atoms with Gasteiger partial charge in [-0.3, -0.25) is 4.79 Å². The zero-order valence-corrected chi connectivity index (χ0v) is 15.4. The zero-order valence-electron chi connectivity index (χ0n) is 13.7. The van der Waals surface area contributed by atoms with Crippen molar-refractivity contribution in [2.75, 3.05) is 10.7 Å². The molecule has 0 aliphatic heterocycles. The van der Waals surface area contributed by atoms with Crippen LogP contribution in [0.5, 0.6) is 5.19 Å². The van der Waals surface area contributed by atoms with Gasteiger partial charge in [0.2, 0.25) is 5.91 Å². The molecule has 0 atom stereocenters. The Bertz CT molecular complexity index is 629. The highest BCUT2D eigenvalue weighted by molar-refractivity contribution is 8.01. The van der Waals surface area contributed by atoms with Crippen molar-refractivity contribution in [3.63, 3.8) is 0 Å². The largest absolute Gasteiger partial charge is 0.466 e. The molecule has 0 aliphatic carbocycles. The van der Waals surface area contributed by atoms with E-state index in [1.165, 1.54) is 23.1 Å². The van der Waals surface area contributed by atoms with E-state index >= 15 is 0 Å². The van der Waals surface area contributed by atoms with Gasteiger partial charge in [-0.15, -0.1) is 5.10 Å². The van der Waals surface area contributed by atoms with Gasteiger partial charge in [0.15, 0.2) is 4.34 Å². The van der Waals surface area contributed by atoms with Crippen molar-refractivity contribution in [2.45, 2.75) is 44.2 Å². The fraction of sp³-hybridized carbons (Fsp3) is 0.438. The third-order valence-electron chi connectivity index (χ3n) is 2.86. The van der Waals surface area contributed by atoms with E-state index in [0.717, 1.165) is 10.0 Å². The van der Waals surface area contributed by atoms with Gasteiger partial charge in [0.1, 0.15) is 0 Å². The highest BCUT2D eigenvalue weighted by Gasteiger charge is 2.19. The second kappa shape index (κ2) is 8.31. The molecule has 1 aromatic heterocycles. The Balaban J connectivity index is 1.98. The van der Waals surface area contributed by atoms with Crippen molar-refractivity contribution < 1.29 is 9.53 Å². The summed E-state index contributed by atoms with van der Waals surface area (Å²) in [5.74, 6) is 0.376. The number of nitrogens with zero attached hydrogens (tertiary/aromatic N) is 3. The van der Waals surface area contributed by atoms with E-state index in [1.54, 1.807) is 4.90 Å². The van der Waals surface area contributed by atoms with E-state index in [9.17, 15) is 4.79 Å². The number of rotatable bonds is 7. The van der Waals surface area contributed by atoms with Crippen LogP contribution < -0.4 is 9.64 Å². The Morgan fingerprint density at radius 1 is 1.22 bits per heavy atom. The van der Waals surface area contributed by atoms with Crippen molar-refractivity contribution in [3.05, 3.63) is 30.3 Å². The van der Waals surface area contributed by atoms with Crippen LogP contribution in [0.25, 0.3) is 0 Å². The van der Waals surface area contributed by atoms with Gasteiger partial charge in [0.05, 0.1) is 11.9 Å². The number of amides is 1. The fourth-order valence-corrected chi connectivity index (χ4v) is 3.68. The predicted molar refractivity (Wildman–Crippen MR) is 95.5 cm³/mol. The number of thioether (sulfide) groups is 1. The fourth-order valence-electron chi connectivity index (χ4n) is 2.02. The van der Waals surface area contributed by atoms with Gasteiger partial charge in [-0.25, -0.2) is 0 Å². The highest BCUT2D eigenvalue weighted by atomic mass is 32.2. The van der Waals surface area contributed by atoms with Crippen LogP contribution in [0.4, 0.5) is 5.69 Å². The van der Waals surface area contributed by atoms with Crippen LogP contribution in [0.3, 0.4) is 0 Å². The van der Waals surface area contributed by atoms with Gasteiger partial charge < -0.3 is 9.64 Å². The number of ether oxygens (including phenoxy) is 1. The molecular formula is C16H21N3O2S2. The van der Waals surface area contributed by atoms with Crippen molar-refractivity contribution in [1.82, 2.24) is 10.2 Å². The average Bonchev–Trinajstić information content (AvgIpc) is 2.93. The first-order chi connectivity index (χ1) is 11.0. The van der Waals surface area contributed by atoms with Crippen LogP contribution in [0.1, 0.15) is 27.7 Å². The average molecular weight is 351 g/mol. The van der Waals surface area contributed by atoms with Crippen molar-refractivity contribution in [2.24, 2.45) is 0 Å². The Morgan fingerprint density at radius 2 is 1.91 bits per heavy atom. The number of hydrogen-bond acceptors (Lipinski definition) is 6. The first-order valence-electron chi connectivity index (χ1n) is 7.47. The maximum Gasteiger partial charge on any atom is 0.295 e. The number of benzene rings is 1. The number of carbonyl (C=O) groups excluding carboxylic acids is 1. The maximum absolute atomic E-state index is 12.6. The summed E-state index contributed by atoms with van der Waals surface area (Å²) in [5, 5.41) is 8.57. The first-order valence-corrected chi connectivity index (χ1v) is 9.27. The summed E-state index contributed by atoms with van der Waals surface area (Å²) in [6.45, 7) is 7.90. The lowest BCUT2D eigenvalue weighted by Crippen LogP contribution is -2.38. The summed E-state index contributed by atoms with van der Waals surface area (Å²) in [5.41, 5.74) is 0.911. The molecule has 0 saturated carbocycles. The molecule has 5 nitrogen and oxygen atoms in total. The minimum atomic E-state index is 0.0535. The normalized spacial score (nSPS) is 11.0. The second-order valence-electron chi connectivity index (χ2n) is 5.48. The first kappa shape index (κ1) is 17.7. The standard InChI is InChI=1S/C16H21N3O2S2/c1-11(2)19(13-8-6-5-7-9-13)14(20)10-22-16-18-17-15(23-16)21-12(3)4/h5-9,11-12H,10H2,1-4H3. The summed E-state index contributed by atoms with van der Waals surface area (Å²) >= 11 is 2.76. The molecule has 0 unspecified atom stereocenters. The molecule has 124 valence electrons. The Kier molecular flexibility index (Phi) is 6.41. The van der Waals surface area contributed by atoms with Crippen LogP contribution in [0, 0.1) is 0 Å². The molecular weight excluding hydrogens is 330 g/mol. The second-order valence-corrected chi connectivity index (χ2v) is 7.64. The molecule has 0 bridgehead atoms. The third kappa shape index (κ3) is 5.21. The predicted octanol–water partition coefficient (Wildman–Crippen LogP) is 3.86. The molecule has 1 amide bonds. The topological polar surface area (TPSA) is 55.3 Å². The molecule has 2 rings (SSSR count). The molecule has 23 heavy (non-hydrogen) atoms. The van der Waals surface area contributed by atoms with Gasteiger partial charge in [0.25, 0.3) is 5.19 Å². The number of anilines is 1. The molecule has 0 radical (unpaired) electrons. The van der Waals surface area contributed by atoms with Gasteiger partial charge in [-0.2, -0.15) is 0 Å². The van der Waals surface area contributed by atoms with Crippen LogP contribution in [-0.4, -0.2) is 34.0 Å². The maximum atomic E-state index is 12.6. The Labute approximate surface area is 145 Å². The molecule has 0 N–H and O–H groups in total. The van der Waals surface area contributed by atoms with Gasteiger partial charge in [0, 0.05) is 11.7 Å². The molecule has 1 heterocycles. The van der Waals surface area contributed by atoms with E-state index < -0.39 is 0 Å². The molecule has 2 aromatic rings. The van der Waals surface area contributed by atoms with Gasteiger partial charge in [-0.1, -0.05) is 35.1 Å². The van der Waals surface area contributed by atoms with Crippen LogP contribution in [0.2, 0.25) is 0 Å². The summed E-state index contributed by atoms with van der Waals surface area (Å²) in [4.78, 5) is 14.4. The third-order valence-corrected chi connectivity index (χ3v) is 4.80. The summed E-state index contributed by atoms with van der Waals surface area (Å²) in [6.07, 6.45) is 0.0666. The highest BCUT2D eigenvalue weighted by Crippen LogP contribution is 2.28. The Morgan fingerprint density at radius 3 is 2.52 bits per heavy atom. The van der Waals surface area contributed by atoms with Crippen molar-refractivity contribution >= 4 is 34.7 Å². The van der Waals surface area contributed by atoms with Crippen molar-refractivity contribution in [3.8, 4) is 5.19 Å². The van der Waals surface area contributed by atoms with Gasteiger partial charge in [-0.05, 0) is 51.2 Å². The molecule has 0 saturated heterocycles. The molecule has 0 aliphatic rings. The van der Waals surface area contributed by atoms with Crippen LogP contribution in [-0.2, 0) is 4.79 Å². The van der Waals surface area contributed by atoms with Crippen LogP contribution >= 0.6 is 23.1 Å². The number of aromatic nitrogens is 2. The monoisotopic (exact) mass is 351 g/mol. The molecule has 7 heteroatoms. The van der Waals surface area contributed by atoms with E-state index in [0.29, 0.717) is 10.9 Å². The van der Waals surface area contributed by atoms with Crippen LogP contribution in [0.15, 0.2) is 34.7 Å². The minimum Gasteiger partial charge on any atom is -0.466 e. The van der Waals surface area contributed by atoms with E-state index in [2.05, 4.69) is 10.2 Å². The lowest BCUT2D eigenvalue weighted by atomic mass is 10.2. The molecule has 0 fully saturated rings. The van der Waals surface area contributed by atoms with Crippen molar-refractivity contribution in [1.29, 1.82) is 0 Å². The number of para-hydroxylation sites is 1. The summed E-state index contributed by atoms with van der Waals surface area (Å²) in [7, 11) is 0. The van der Waals surface area contributed by atoms with E-state index in [1.807, 2.05) is 58.0 Å². The zero-order chi connectivity index (χ0) is 16.8. The molecule has 1 aromatic carbocycles. The van der Waals surface area contributed by atoms with E-state index in [4.69, 9.17) is 4.74 Å². The quantitative estimate of drug-likeness (QED) is 0.709. The lowest BCUT2D eigenvalue weighted by molar-refractivity contribution is -0.116. The summed E-state index contributed by atoms with van der Waals surface area (Å²) < 4.78 is 6.23. The number of carbonyl (C=O) groups is 1. The van der Waals surface area contributed by atoms with Gasteiger partial charge >= 0.3 is 0 Å². The smallest absolute Gasteiger partial charge is 0.295 e. The SMILES string of the molecule is CC(C)Oc1nnc(SCC(=O)N(c2ccccc2)C(C)C)s1. The Hall–Kier alpha value is -1.60. The molecule has 0 spiro atoms. The number of hydrogen-bond donors (Lipinski definition) is 0. The lowest BCUT2D eigenvalue weighted by Gasteiger charge is -2.26. The minimum absolute atomic E-state index is 0.0535. The van der Waals surface area contributed by atoms with E-state index in [-0.39, 0.29) is 18.1 Å².